The van der Waals surface area contributed by atoms with Gasteiger partial charge in [0.1, 0.15) is 6.54 Å². The van der Waals surface area contributed by atoms with Gasteiger partial charge in [0.05, 0.1) is 0 Å². The lowest BCUT2D eigenvalue weighted by Gasteiger charge is -2.24. The average Bonchev–Trinajstić information content (AvgIpc) is 2.87. The third-order valence-corrected chi connectivity index (χ3v) is 3.65. The monoisotopic (exact) mass is 311 g/mol. The predicted molar refractivity (Wildman–Crippen MR) is 92.1 cm³/mol. The zero-order chi connectivity index (χ0) is 16.6. The van der Waals surface area contributed by atoms with E-state index in [0.29, 0.717) is 6.04 Å². The highest BCUT2D eigenvalue weighted by molar-refractivity contribution is 5.85. The highest BCUT2D eigenvalue weighted by atomic mass is 16.2. The first kappa shape index (κ1) is 18.7. The van der Waals surface area contributed by atoms with Crippen LogP contribution in [-0.4, -0.2) is 61.1 Å². The van der Waals surface area contributed by atoms with Crippen molar-refractivity contribution in [3.8, 4) is 0 Å². The van der Waals surface area contributed by atoms with Crippen molar-refractivity contribution in [2.45, 2.75) is 59.0 Å². The molecule has 1 aliphatic heterocycles. The van der Waals surface area contributed by atoms with Gasteiger partial charge in [0, 0.05) is 24.7 Å². The molecule has 0 aromatic carbocycles. The highest BCUT2D eigenvalue weighted by Gasteiger charge is 2.22. The summed E-state index contributed by atoms with van der Waals surface area (Å²) in [5.74, 6) is 0.662. The second-order valence-corrected chi connectivity index (χ2v) is 6.80. The van der Waals surface area contributed by atoms with Gasteiger partial charge in [0.25, 0.3) is 0 Å². The number of rotatable bonds is 6. The van der Waals surface area contributed by atoms with E-state index in [1.165, 1.54) is 19.4 Å². The average molecular weight is 311 g/mol. The number of aliphatic imine (C=N–C) groups is 1. The van der Waals surface area contributed by atoms with Crippen LogP contribution in [0.3, 0.4) is 0 Å². The molecule has 0 spiro atoms. The smallest absolute Gasteiger partial charge is 0.242 e. The number of hydrogen-bond acceptors (Lipinski definition) is 3. The van der Waals surface area contributed by atoms with E-state index in [-0.39, 0.29) is 18.0 Å². The van der Waals surface area contributed by atoms with E-state index < -0.39 is 0 Å². The van der Waals surface area contributed by atoms with Crippen molar-refractivity contribution < 1.29 is 4.79 Å². The molecule has 6 heteroatoms. The minimum absolute atomic E-state index is 0.0549. The van der Waals surface area contributed by atoms with E-state index in [0.717, 1.165) is 25.6 Å². The van der Waals surface area contributed by atoms with Crippen molar-refractivity contribution in [2.75, 3.05) is 32.7 Å². The van der Waals surface area contributed by atoms with Crippen molar-refractivity contribution in [2.24, 2.45) is 4.99 Å². The lowest BCUT2D eigenvalue weighted by atomic mass is 10.1. The van der Waals surface area contributed by atoms with Gasteiger partial charge in [-0.05, 0) is 53.6 Å². The minimum Gasteiger partial charge on any atom is -0.357 e. The zero-order valence-electron chi connectivity index (χ0n) is 14.8. The standard InChI is InChI=1S/C16H33N5O/c1-6-17-15(19-12-14(22)20-16(3,4)5)18-11-13-9-8-10-21(13)7-2/h13H,6-12H2,1-5H3,(H,20,22)(H2,17,18,19). The molecule has 1 atom stereocenters. The van der Waals surface area contributed by atoms with E-state index in [9.17, 15) is 4.79 Å². The molecule has 0 aromatic heterocycles. The van der Waals surface area contributed by atoms with Gasteiger partial charge >= 0.3 is 0 Å². The molecule has 0 aromatic rings. The van der Waals surface area contributed by atoms with Gasteiger partial charge in [0.15, 0.2) is 5.96 Å². The third kappa shape index (κ3) is 7.11. The number of carbonyl (C=O) groups is 1. The van der Waals surface area contributed by atoms with Crippen LogP contribution in [0.15, 0.2) is 4.99 Å². The summed E-state index contributed by atoms with van der Waals surface area (Å²) in [6.45, 7) is 14.2. The summed E-state index contributed by atoms with van der Waals surface area (Å²) in [6, 6.07) is 0.567. The van der Waals surface area contributed by atoms with Crippen molar-refractivity contribution in [1.29, 1.82) is 0 Å². The van der Waals surface area contributed by atoms with Crippen LogP contribution < -0.4 is 16.0 Å². The van der Waals surface area contributed by atoms with E-state index in [1.54, 1.807) is 0 Å². The molecule has 0 bridgehead atoms. The van der Waals surface area contributed by atoms with Gasteiger partial charge in [-0.3, -0.25) is 9.69 Å². The molecule has 22 heavy (non-hydrogen) atoms. The summed E-state index contributed by atoms with van der Waals surface area (Å²) in [4.78, 5) is 18.7. The molecule has 1 fully saturated rings. The van der Waals surface area contributed by atoms with Crippen molar-refractivity contribution >= 4 is 11.9 Å². The molecule has 0 radical (unpaired) electrons. The Bertz CT molecular complexity index is 375. The molecule has 0 saturated carbocycles. The summed E-state index contributed by atoms with van der Waals surface area (Å²) in [5.41, 5.74) is -0.218. The van der Waals surface area contributed by atoms with Gasteiger partial charge in [-0.15, -0.1) is 0 Å². The van der Waals surface area contributed by atoms with E-state index in [1.807, 2.05) is 27.7 Å². The Hall–Kier alpha value is -1.30. The van der Waals surface area contributed by atoms with Crippen molar-refractivity contribution in [3.63, 3.8) is 0 Å². The molecule has 1 rings (SSSR count). The molecular formula is C16H33N5O. The summed E-state index contributed by atoms with van der Waals surface area (Å²) in [6.07, 6.45) is 2.49. The normalized spacial score (nSPS) is 20.0. The fourth-order valence-corrected chi connectivity index (χ4v) is 2.71. The second kappa shape index (κ2) is 8.98. The highest BCUT2D eigenvalue weighted by Crippen LogP contribution is 2.15. The first-order valence-corrected chi connectivity index (χ1v) is 8.43. The molecule has 3 N–H and O–H groups in total. The van der Waals surface area contributed by atoms with Gasteiger partial charge in [-0.2, -0.15) is 0 Å². The molecule has 6 nitrogen and oxygen atoms in total. The number of hydrogen-bond donors (Lipinski definition) is 3. The molecule has 0 aliphatic carbocycles. The summed E-state index contributed by atoms with van der Waals surface area (Å²) in [5, 5.41) is 9.48. The first-order chi connectivity index (χ1) is 10.4. The Balaban J connectivity index is 2.46. The van der Waals surface area contributed by atoms with Crippen LogP contribution in [0, 0.1) is 0 Å². The molecule has 1 aliphatic rings. The van der Waals surface area contributed by atoms with E-state index in [2.05, 4.69) is 32.8 Å². The predicted octanol–water partition coefficient (Wildman–Crippen LogP) is 0.941. The molecule has 1 saturated heterocycles. The summed E-state index contributed by atoms with van der Waals surface area (Å²) < 4.78 is 0. The number of guanidine groups is 1. The summed E-state index contributed by atoms with van der Waals surface area (Å²) in [7, 11) is 0. The van der Waals surface area contributed by atoms with E-state index in [4.69, 9.17) is 0 Å². The van der Waals surface area contributed by atoms with E-state index >= 15 is 0 Å². The lowest BCUT2D eigenvalue weighted by molar-refractivity contribution is -0.121. The Morgan fingerprint density at radius 1 is 1.27 bits per heavy atom. The molecular weight excluding hydrogens is 278 g/mol. The number of nitrogens with one attached hydrogen (secondary N) is 3. The van der Waals surface area contributed by atoms with Crippen LogP contribution in [0.4, 0.5) is 0 Å². The maximum atomic E-state index is 11.8. The Morgan fingerprint density at radius 2 is 2.00 bits per heavy atom. The molecule has 1 unspecified atom stereocenters. The maximum Gasteiger partial charge on any atom is 0.242 e. The SMILES string of the molecule is CCNC(=NCC(=O)NC(C)(C)C)NCC1CCCN1CC. The summed E-state index contributed by atoms with van der Waals surface area (Å²) >= 11 is 0. The maximum absolute atomic E-state index is 11.8. The van der Waals surface area contributed by atoms with Gasteiger partial charge < -0.3 is 16.0 Å². The Kier molecular flexibility index (Phi) is 7.65. The Labute approximate surface area is 135 Å². The fourth-order valence-electron chi connectivity index (χ4n) is 2.71. The van der Waals surface area contributed by atoms with Gasteiger partial charge in [-0.25, -0.2) is 4.99 Å². The number of likely N-dealkylation sites (N-methyl/N-ethyl adjacent to an activating group) is 1. The number of carbonyl (C=O) groups excluding carboxylic acids is 1. The van der Waals surface area contributed by atoms with Gasteiger partial charge in [0.2, 0.25) is 5.91 Å². The van der Waals surface area contributed by atoms with Crippen LogP contribution >= 0.6 is 0 Å². The quantitative estimate of drug-likeness (QED) is 0.504. The van der Waals surface area contributed by atoms with Crippen LogP contribution in [-0.2, 0) is 4.79 Å². The largest absolute Gasteiger partial charge is 0.357 e. The van der Waals surface area contributed by atoms with Crippen LogP contribution in [0.1, 0.15) is 47.5 Å². The Morgan fingerprint density at radius 3 is 2.59 bits per heavy atom. The van der Waals surface area contributed by atoms with Crippen LogP contribution in [0.25, 0.3) is 0 Å². The van der Waals surface area contributed by atoms with Gasteiger partial charge in [-0.1, -0.05) is 6.92 Å². The zero-order valence-corrected chi connectivity index (χ0v) is 14.8. The third-order valence-electron chi connectivity index (χ3n) is 3.65. The molecule has 1 amide bonds. The van der Waals surface area contributed by atoms with Crippen LogP contribution in [0.5, 0.6) is 0 Å². The topological polar surface area (TPSA) is 68.8 Å². The number of likely N-dealkylation sites (tertiary alicyclic amines) is 1. The fraction of sp³-hybridized carbons (Fsp3) is 0.875. The van der Waals surface area contributed by atoms with Crippen molar-refractivity contribution in [1.82, 2.24) is 20.9 Å². The molecule has 128 valence electrons. The minimum atomic E-state index is -0.218. The first-order valence-electron chi connectivity index (χ1n) is 8.43. The molecule has 1 heterocycles. The number of nitrogens with zero attached hydrogens (tertiary/aromatic N) is 2. The van der Waals surface area contributed by atoms with Crippen molar-refractivity contribution in [3.05, 3.63) is 0 Å². The number of amides is 1. The lowest BCUT2D eigenvalue weighted by Crippen LogP contribution is -2.46. The second-order valence-electron chi connectivity index (χ2n) is 6.80. The van der Waals surface area contributed by atoms with Crippen LogP contribution in [0.2, 0.25) is 0 Å².